The van der Waals surface area contributed by atoms with Crippen molar-refractivity contribution in [2.75, 3.05) is 31.6 Å². The second kappa shape index (κ2) is 13.3. The Balaban J connectivity index is 1.28. The number of methoxy groups -OCH3 is 1. The molecule has 2 saturated heterocycles. The molecule has 4 atom stereocenters. The number of rotatable bonds is 11. The van der Waals surface area contributed by atoms with Gasteiger partial charge in [-0.25, -0.2) is 0 Å². The van der Waals surface area contributed by atoms with Crippen molar-refractivity contribution < 1.29 is 14.3 Å². The van der Waals surface area contributed by atoms with Crippen LogP contribution in [0.1, 0.15) is 82.8 Å². The number of hydrogen-bond acceptors (Lipinski definition) is 6. The molecule has 38 heavy (non-hydrogen) atoms. The number of allylic oxidation sites excluding steroid dienone is 2. The smallest absolute Gasteiger partial charge is 0.180 e. The Kier molecular flexibility index (Phi) is 10.1. The van der Waals surface area contributed by atoms with Gasteiger partial charge in [-0.05, 0) is 114 Å². The fourth-order valence-electron chi connectivity index (χ4n) is 6.88. The Morgan fingerprint density at radius 3 is 2.55 bits per heavy atom. The van der Waals surface area contributed by atoms with Gasteiger partial charge in [-0.3, -0.25) is 10.2 Å². The largest absolute Gasteiger partial charge is 0.385 e. The number of ether oxygens (including phenoxy) is 2. The summed E-state index contributed by atoms with van der Waals surface area (Å²) < 4.78 is 11.8. The summed E-state index contributed by atoms with van der Waals surface area (Å²) in [6.45, 7) is 11.5. The van der Waals surface area contributed by atoms with Crippen LogP contribution in [0, 0.1) is 31.1 Å². The van der Waals surface area contributed by atoms with Crippen molar-refractivity contribution in [2.45, 2.75) is 104 Å². The lowest BCUT2D eigenvalue weighted by atomic mass is 9.87. The van der Waals surface area contributed by atoms with Gasteiger partial charge in [0.15, 0.2) is 5.78 Å². The number of anilines is 1. The van der Waals surface area contributed by atoms with E-state index in [-0.39, 0.29) is 29.8 Å². The van der Waals surface area contributed by atoms with Gasteiger partial charge in [0.05, 0.1) is 18.3 Å². The van der Waals surface area contributed by atoms with Crippen LogP contribution in [-0.2, 0) is 14.3 Å². The van der Waals surface area contributed by atoms with Crippen LogP contribution in [0.25, 0.3) is 0 Å². The molecular weight excluding hydrogens is 474 g/mol. The fourth-order valence-corrected chi connectivity index (χ4v) is 6.88. The van der Waals surface area contributed by atoms with Gasteiger partial charge in [0.25, 0.3) is 0 Å². The fraction of sp³-hybridized carbons (Fsp3) is 0.688. The monoisotopic (exact) mass is 523 g/mol. The average Bonchev–Trinajstić information content (AvgIpc) is 3.37. The summed E-state index contributed by atoms with van der Waals surface area (Å²) in [6.07, 6.45) is 8.99. The first-order valence-corrected chi connectivity index (χ1v) is 14.8. The van der Waals surface area contributed by atoms with Crippen LogP contribution in [0.2, 0.25) is 0 Å². The Hall–Kier alpha value is -2.18. The number of aryl methyl sites for hydroxylation is 1. The highest BCUT2D eigenvalue weighted by Crippen LogP contribution is 2.32. The molecule has 6 heteroatoms. The minimum Gasteiger partial charge on any atom is -0.385 e. The van der Waals surface area contributed by atoms with Gasteiger partial charge in [-0.15, -0.1) is 0 Å². The van der Waals surface area contributed by atoms with E-state index in [1.165, 1.54) is 16.8 Å². The number of carbonyl (C=O) groups is 1. The maximum absolute atomic E-state index is 13.0. The highest BCUT2D eigenvalue weighted by atomic mass is 16.5. The number of ketones is 1. The van der Waals surface area contributed by atoms with Gasteiger partial charge in [0.2, 0.25) is 0 Å². The number of nitrogens with one attached hydrogen (secondary N) is 2. The summed E-state index contributed by atoms with van der Waals surface area (Å²) >= 11 is 0. The first kappa shape index (κ1) is 28.8. The van der Waals surface area contributed by atoms with Crippen molar-refractivity contribution in [3.05, 3.63) is 40.6 Å². The minimum atomic E-state index is -0.00453. The molecule has 2 N–H and O–H groups in total. The van der Waals surface area contributed by atoms with Gasteiger partial charge in [-0.2, -0.15) is 0 Å². The number of piperidine rings is 1. The topological polar surface area (TPSA) is 74.6 Å². The second-order valence-corrected chi connectivity index (χ2v) is 11.9. The van der Waals surface area contributed by atoms with Crippen LogP contribution in [0.5, 0.6) is 0 Å². The summed E-state index contributed by atoms with van der Waals surface area (Å²) in [4.78, 5) is 15.5. The summed E-state index contributed by atoms with van der Waals surface area (Å²) in [5.41, 5.74) is 6.34. The van der Waals surface area contributed by atoms with Gasteiger partial charge in [-0.1, -0.05) is 12.1 Å². The lowest BCUT2D eigenvalue weighted by Crippen LogP contribution is -2.42. The molecule has 2 heterocycles. The molecule has 2 aliphatic heterocycles. The number of benzene rings is 1. The molecule has 1 aromatic carbocycles. The number of nitrogens with zero attached hydrogens (tertiary/aromatic N) is 1. The average molecular weight is 524 g/mol. The predicted molar refractivity (Wildman–Crippen MR) is 155 cm³/mol. The van der Waals surface area contributed by atoms with Crippen molar-refractivity contribution in [1.82, 2.24) is 5.32 Å². The zero-order valence-corrected chi connectivity index (χ0v) is 24.3. The molecule has 6 nitrogen and oxygen atoms in total. The second-order valence-electron chi connectivity index (χ2n) is 11.9. The quantitative estimate of drug-likeness (QED) is 0.341. The number of hydrogen-bond donors (Lipinski definition) is 2. The molecule has 1 aliphatic carbocycles. The molecule has 3 aliphatic rings. The van der Waals surface area contributed by atoms with Crippen LogP contribution in [0.4, 0.5) is 5.69 Å². The Morgan fingerprint density at radius 2 is 1.87 bits per heavy atom. The molecule has 0 spiro atoms. The van der Waals surface area contributed by atoms with E-state index < -0.39 is 0 Å². The van der Waals surface area contributed by atoms with E-state index in [9.17, 15) is 4.79 Å². The van der Waals surface area contributed by atoms with Crippen LogP contribution < -0.4 is 10.2 Å². The molecular formula is C32H49N3O3. The van der Waals surface area contributed by atoms with Crippen LogP contribution in [0.3, 0.4) is 0 Å². The first-order chi connectivity index (χ1) is 18.3. The SMILES string of the molecule is COC(CNC1=C(C(=N)C(=O)CCC2C[C@@H](C)O[C@@H](C)C2)CCC1)C1CCN(c2cccc(C)c2C)CC1. The van der Waals surface area contributed by atoms with E-state index in [1.54, 1.807) is 0 Å². The summed E-state index contributed by atoms with van der Waals surface area (Å²) in [5, 5.41) is 12.3. The van der Waals surface area contributed by atoms with E-state index in [0.717, 1.165) is 82.3 Å². The van der Waals surface area contributed by atoms with E-state index in [0.29, 0.717) is 18.3 Å². The third-order valence-corrected chi connectivity index (χ3v) is 9.17. The highest BCUT2D eigenvalue weighted by molar-refractivity contribution is 6.45. The van der Waals surface area contributed by atoms with E-state index in [4.69, 9.17) is 14.9 Å². The van der Waals surface area contributed by atoms with Crippen molar-refractivity contribution in [1.29, 1.82) is 5.41 Å². The molecule has 0 saturated carbocycles. The van der Waals surface area contributed by atoms with Crippen molar-refractivity contribution in [3.63, 3.8) is 0 Å². The first-order valence-electron chi connectivity index (χ1n) is 14.8. The zero-order chi connectivity index (χ0) is 27.2. The van der Waals surface area contributed by atoms with Crippen LogP contribution in [-0.4, -0.2) is 56.6 Å². The van der Waals surface area contributed by atoms with Crippen molar-refractivity contribution >= 4 is 17.2 Å². The maximum Gasteiger partial charge on any atom is 0.180 e. The number of carbonyl (C=O) groups excluding carboxylic acids is 1. The van der Waals surface area contributed by atoms with Crippen LogP contribution in [0.15, 0.2) is 29.5 Å². The molecule has 4 rings (SSSR count). The van der Waals surface area contributed by atoms with E-state index in [1.807, 2.05) is 7.11 Å². The highest BCUT2D eigenvalue weighted by Gasteiger charge is 2.30. The lowest BCUT2D eigenvalue weighted by molar-refractivity contribution is -0.113. The van der Waals surface area contributed by atoms with E-state index in [2.05, 4.69) is 56.1 Å². The molecule has 0 aromatic heterocycles. The van der Waals surface area contributed by atoms with Crippen LogP contribution >= 0.6 is 0 Å². The minimum absolute atomic E-state index is 0.00453. The van der Waals surface area contributed by atoms with Gasteiger partial charge < -0.3 is 19.7 Å². The normalized spacial score (nSPS) is 25.5. The third-order valence-electron chi connectivity index (χ3n) is 9.17. The van der Waals surface area contributed by atoms with Gasteiger partial charge in [0.1, 0.15) is 5.71 Å². The molecule has 0 bridgehead atoms. The van der Waals surface area contributed by atoms with E-state index >= 15 is 0 Å². The molecule has 1 aromatic rings. The Bertz CT molecular complexity index is 1000. The molecule has 2 unspecified atom stereocenters. The van der Waals surface area contributed by atoms with Gasteiger partial charge >= 0.3 is 0 Å². The Morgan fingerprint density at radius 1 is 1.16 bits per heavy atom. The molecule has 2 fully saturated rings. The summed E-state index contributed by atoms with van der Waals surface area (Å²) in [5.74, 6) is 1.02. The standard InChI is InChI=1S/C32H49N3O3/c1-21-8-6-11-29(24(21)4)35-16-14-26(15-17-35)31(37-5)20-34-28-10-7-9-27(28)32(33)30(36)13-12-25-18-22(2)38-23(3)19-25/h6,8,11,22-23,25-26,31,33-34H,7,9-10,12-20H2,1-5H3/t22-,23+,25?,31?. The summed E-state index contributed by atoms with van der Waals surface area (Å²) in [6, 6.07) is 6.59. The van der Waals surface area contributed by atoms with Gasteiger partial charge in [0, 0.05) is 44.5 Å². The zero-order valence-electron chi connectivity index (χ0n) is 24.3. The number of Topliss-reactive ketones (excluding diaryl/α,β-unsaturated/α-hetero) is 1. The molecule has 0 amide bonds. The third kappa shape index (κ3) is 7.06. The lowest BCUT2D eigenvalue weighted by Gasteiger charge is -2.37. The molecule has 0 radical (unpaired) electrons. The maximum atomic E-state index is 13.0. The van der Waals surface area contributed by atoms with Crippen molar-refractivity contribution in [3.8, 4) is 0 Å². The summed E-state index contributed by atoms with van der Waals surface area (Å²) in [7, 11) is 1.82. The predicted octanol–water partition coefficient (Wildman–Crippen LogP) is 6.14. The van der Waals surface area contributed by atoms with Crippen molar-refractivity contribution in [2.24, 2.45) is 11.8 Å². The molecule has 210 valence electrons. The Labute approximate surface area is 230 Å².